The predicted octanol–water partition coefficient (Wildman–Crippen LogP) is 3.02. The first-order valence-corrected chi connectivity index (χ1v) is 9.20. The summed E-state index contributed by atoms with van der Waals surface area (Å²) in [7, 11) is 0. The van der Waals surface area contributed by atoms with Crippen molar-refractivity contribution < 1.29 is 14.3 Å². The van der Waals surface area contributed by atoms with Crippen molar-refractivity contribution in [1.82, 2.24) is 14.9 Å². The van der Waals surface area contributed by atoms with E-state index in [1.165, 1.54) is 0 Å². The number of aromatic nitrogens is 2. The van der Waals surface area contributed by atoms with Gasteiger partial charge in [-0.3, -0.25) is 4.79 Å². The first kappa shape index (κ1) is 17.5. The lowest BCUT2D eigenvalue weighted by atomic mass is 10.1. The quantitative estimate of drug-likeness (QED) is 0.728. The van der Waals surface area contributed by atoms with E-state index in [2.05, 4.69) is 10.3 Å². The standard InChI is InChI=1S/C21H23N3O3/c1-14-17(11-20(27-14)16-5-3-2-4-6-16)21(26)23-18-9-15(10-19(18)25)12-24-8-7-22-13-24/h2-8,11,13,15,18-19,25H,9-10,12H2,1H3,(H,23,26)/t15?,18-,19-/m1/s1. The Morgan fingerprint density at radius 3 is 2.89 bits per heavy atom. The third-order valence-corrected chi connectivity index (χ3v) is 5.19. The largest absolute Gasteiger partial charge is 0.461 e. The lowest BCUT2D eigenvalue weighted by Gasteiger charge is -2.16. The molecular formula is C21H23N3O3. The minimum Gasteiger partial charge on any atom is -0.461 e. The number of aliphatic hydroxyl groups is 1. The molecule has 0 aliphatic heterocycles. The Kier molecular flexibility index (Phi) is 4.81. The molecule has 1 saturated carbocycles. The molecule has 2 heterocycles. The van der Waals surface area contributed by atoms with E-state index >= 15 is 0 Å². The Morgan fingerprint density at radius 1 is 1.33 bits per heavy atom. The SMILES string of the molecule is Cc1oc(-c2ccccc2)cc1C(=O)N[C@@H]1CC(Cn2ccnc2)C[C@H]1O. The van der Waals surface area contributed by atoms with Crippen molar-refractivity contribution in [3.8, 4) is 11.3 Å². The number of nitrogens with zero attached hydrogens (tertiary/aromatic N) is 2. The number of hydrogen-bond acceptors (Lipinski definition) is 4. The van der Waals surface area contributed by atoms with Crippen LogP contribution < -0.4 is 5.32 Å². The molecule has 2 N–H and O–H groups in total. The molecule has 6 nitrogen and oxygen atoms in total. The van der Waals surface area contributed by atoms with E-state index in [4.69, 9.17) is 4.42 Å². The number of aliphatic hydroxyl groups excluding tert-OH is 1. The molecule has 27 heavy (non-hydrogen) atoms. The number of carbonyl (C=O) groups is 1. The highest BCUT2D eigenvalue weighted by Crippen LogP contribution is 2.29. The highest BCUT2D eigenvalue weighted by atomic mass is 16.3. The summed E-state index contributed by atoms with van der Waals surface area (Å²) in [4.78, 5) is 16.8. The van der Waals surface area contributed by atoms with Crippen LogP contribution in [-0.2, 0) is 6.54 Å². The molecule has 140 valence electrons. The molecule has 6 heteroatoms. The number of nitrogens with one attached hydrogen (secondary N) is 1. The topological polar surface area (TPSA) is 80.3 Å². The van der Waals surface area contributed by atoms with E-state index in [-0.39, 0.29) is 11.9 Å². The maximum atomic E-state index is 12.7. The Morgan fingerprint density at radius 2 is 2.15 bits per heavy atom. The van der Waals surface area contributed by atoms with Gasteiger partial charge in [-0.2, -0.15) is 0 Å². The van der Waals surface area contributed by atoms with Crippen molar-refractivity contribution >= 4 is 5.91 Å². The molecule has 0 saturated heterocycles. The van der Waals surface area contributed by atoms with Crippen LogP contribution in [0.3, 0.4) is 0 Å². The summed E-state index contributed by atoms with van der Waals surface area (Å²) >= 11 is 0. The van der Waals surface area contributed by atoms with E-state index in [1.807, 2.05) is 41.1 Å². The third-order valence-electron chi connectivity index (χ3n) is 5.19. The molecule has 1 aliphatic rings. The first-order chi connectivity index (χ1) is 13.1. The summed E-state index contributed by atoms with van der Waals surface area (Å²) in [5.41, 5.74) is 1.44. The van der Waals surface area contributed by atoms with E-state index < -0.39 is 6.10 Å². The molecule has 1 aromatic carbocycles. The van der Waals surface area contributed by atoms with Gasteiger partial charge in [0.15, 0.2) is 0 Å². The second-order valence-electron chi connectivity index (χ2n) is 7.19. The van der Waals surface area contributed by atoms with Gasteiger partial charge in [0.05, 0.1) is 24.0 Å². The summed E-state index contributed by atoms with van der Waals surface area (Å²) in [6, 6.07) is 11.2. The Balaban J connectivity index is 1.42. The molecular weight excluding hydrogens is 342 g/mol. The van der Waals surface area contributed by atoms with Crippen molar-refractivity contribution in [2.75, 3.05) is 0 Å². The number of carbonyl (C=O) groups excluding carboxylic acids is 1. The first-order valence-electron chi connectivity index (χ1n) is 9.20. The minimum absolute atomic E-state index is 0.203. The Labute approximate surface area is 157 Å². The van der Waals surface area contributed by atoms with Crippen molar-refractivity contribution in [2.24, 2.45) is 5.92 Å². The second kappa shape index (κ2) is 7.40. The van der Waals surface area contributed by atoms with Crippen LogP contribution in [0.25, 0.3) is 11.3 Å². The normalized spacial score (nSPS) is 22.1. The molecule has 3 aromatic rings. The Hall–Kier alpha value is -2.86. The summed E-state index contributed by atoms with van der Waals surface area (Å²) < 4.78 is 7.78. The Bertz CT molecular complexity index is 902. The molecule has 1 aliphatic carbocycles. The maximum absolute atomic E-state index is 12.7. The van der Waals surface area contributed by atoms with Crippen LogP contribution in [-0.4, -0.2) is 32.7 Å². The number of aryl methyl sites for hydroxylation is 1. The smallest absolute Gasteiger partial charge is 0.255 e. The zero-order chi connectivity index (χ0) is 18.8. The number of rotatable bonds is 5. The summed E-state index contributed by atoms with van der Waals surface area (Å²) in [5.74, 6) is 1.35. The van der Waals surface area contributed by atoms with Crippen molar-refractivity contribution in [3.63, 3.8) is 0 Å². The fourth-order valence-electron chi connectivity index (χ4n) is 3.81. The molecule has 1 unspecified atom stereocenters. The highest BCUT2D eigenvalue weighted by Gasteiger charge is 2.34. The zero-order valence-corrected chi connectivity index (χ0v) is 15.2. The highest BCUT2D eigenvalue weighted by molar-refractivity contribution is 5.96. The van der Waals surface area contributed by atoms with Crippen molar-refractivity contribution in [1.29, 1.82) is 0 Å². The monoisotopic (exact) mass is 365 g/mol. The van der Waals surface area contributed by atoms with E-state index in [0.29, 0.717) is 29.4 Å². The summed E-state index contributed by atoms with van der Waals surface area (Å²) in [6.07, 6.45) is 6.31. The fraction of sp³-hybridized carbons (Fsp3) is 0.333. The molecule has 4 rings (SSSR count). The van der Waals surface area contributed by atoms with Gasteiger partial charge in [0.1, 0.15) is 11.5 Å². The van der Waals surface area contributed by atoms with Crippen LogP contribution in [0.15, 0.2) is 59.5 Å². The molecule has 3 atom stereocenters. The van der Waals surface area contributed by atoms with E-state index in [1.54, 1.807) is 25.5 Å². The lowest BCUT2D eigenvalue weighted by molar-refractivity contribution is 0.0871. The fourth-order valence-corrected chi connectivity index (χ4v) is 3.81. The number of benzene rings is 1. The third kappa shape index (κ3) is 3.80. The van der Waals surface area contributed by atoms with Gasteiger partial charge in [0.25, 0.3) is 5.91 Å². The molecule has 1 fully saturated rings. The van der Waals surface area contributed by atoms with Gasteiger partial charge in [-0.05, 0) is 31.7 Å². The zero-order valence-electron chi connectivity index (χ0n) is 15.2. The van der Waals surface area contributed by atoms with E-state index in [0.717, 1.165) is 18.5 Å². The van der Waals surface area contributed by atoms with Gasteiger partial charge >= 0.3 is 0 Å². The summed E-state index contributed by atoms with van der Waals surface area (Å²) in [5, 5.41) is 13.4. The molecule has 0 bridgehead atoms. The number of imidazole rings is 1. The van der Waals surface area contributed by atoms with Crippen LogP contribution in [0.5, 0.6) is 0 Å². The van der Waals surface area contributed by atoms with Gasteiger partial charge in [-0.15, -0.1) is 0 Å². The van der Waals surface area contributed by atoms with Crippen molar-refractivity contribution in [2.45, 2.75) is 38.5 Å². The molecule has 0 radical (unpaired) electrons. The van der Waals surface area contributed by atoms with Crippen LogP contribution in [0, 0.1) is 12.8 Å². The average Bonchev–Trinajstić information content (AvgIpc) is 3.38. The van der Waals surface area contributed by atoms with E-state index in [9.17, 15) is 9.90 Å². The average molecular weight is 365 g/mol. The van der Waals surface area contributed by atoms with Crippen LogP contribution in [0.2, 0.25) is 0 Å². The van der Waals surface area contributed by atoms with Crippen LogP contribution in [0.4, 0.5) is 0 Å². The number of amides is 1. The van der Waals surface area contributed by atoms with Gasteiger partial charge < -0.3 is 19.4 Å². The summed E-state index contributed by atoms with van der Waals surface area (Å²) in [6.45, 7) is 2.58. The van der Waals surface area contributed by atoms with Gasteiger partial charge in [0.2, 0.25) is 0 Å². The molecule has 1 amide bonds. The minimum atomic E-state index is -0.539. The van der Waals surface area contributed by atoms with Crippen LogP contribution >= 0.6 is 0 Å². The maximum Gasteiger partial charge on any atom is 0.255 e. The van der Waals surface area contributed by atoms with Crippen LogP contribution in [0.1, 0.15) is 29.0 Å². The predicted molar refractivity (Wildman–Crippen MR) is 101 cm³/mol. The number of furan rings is 1. The van der Waals surface area contributed by atoms with Gasteiger partial charge in [0, 0.05) is 24.5 Å². The van der Waals surface area contributed by atoms with Gasteiger partial charge in [-0.1, -0.05) is 30.3 Å². The lowest BCUT2D eigenvalue weighted by Crippen LogP contribution is -2.40. The number of hydrogen-bond donors (Lipinski definition) is 2. The second-order valence-corrected chi connectivity index (χ2v) is 7.19. The van der Waals surface area contributed by atoms with Crippen molar-refractivity contribution in [3.05, 3.63) is 66.4 Å². The molecule has 2 aromatic heterocycles. The molecule has 0 spiro atoms. The van der Waals surface area contributed by atoms with Gasteiger partial charge in [-0.25, -0.2) is 4.98 Å².